The van der Waals surface area contributed by atoms with Crippen molar-refractivity contribution in [3.63, 3.8) is 0 Å². The second-order valence-corrected chi connectivity index (χ2v) is 9.82. The highest BCUT2D eigenvalue weighted by atomic mass is 32.2. The Morgan fingerprint density at radius 1 is 0.903 bits per heavy atom. The maximum Gasteiger partial charge on any atom is 0.251 e. The van der Waals surface area contributed by atoms with E-state index in [9.17, 15) is 13.2 Å². The molecule has 1 fully saturated rings. The van der Waals surface area contributed by atoms with E-state index in [2.05, 4.69) is 5.32 Å². The van der Waals surface area contributed by atoms with Crippen LogP contribution in [0.15, 0.2) is 77.7 Å². The van der Waals surface area contributed by atoms with E-state index in [1.807, 2.05) is 49.4 Å². The van der Waals surface area contributed by atoms with Crippen molar-refractivity contribution >= 4 is 15.9 Å². The summed E-state index contributed by atoms with van der Waals surface area (Å²) in [4.78, 5) is 12.9. The van der Waals surface area contributed by atoms with Crippen molar-refractivity contribution in [2.24, 2.45) is 0 Å². The van der Waals surface area contributed by atoms with E-state index in [1.54, 1.807) is 34.6 Å². The largest absolute Gasteiger partial charge is 0.348 e. The van der Waals surface area contributed by atoms with Crippen molar-refractivity contribution in [3.05, 3.63) is 89.5 Å². The fourth-order valence-corrected chi connectivity index (χ4v) is 5.24. The van der Waals surface area contributed by atoms with E-state index in [1.165, 1.54) is 5.56 Å². The average Bonchev–Trinajstić information content (AvgIpc) is 3.35. The maximum atomic E-state index is 12.7. The highest BCUT2D eigenvalue weighted by molar-refractivity contribution is 7.89. The molecule has 31 heavy (non-hydrogen) atoms. The molecule has 3 aromatic rings. The Labute approximate surface area is 183 Å². The first kappa shape index (κ1) is 21.3. The summed E-state index contributed by atoms with van der Waals surface area (Å²) in [6.07, 6.45) is 1.83. The first-order chi connectivity index (χ1) is 14.9. The Bertz CT molecular complexity index is 1160. The van der Waals surface area contributed by atoms with E-state index >= 15 is 0 Å². The van der Waals surface area contributed by atoms with Gasteiger partial charge in [-0.2, -0.15) is 4.31 Å². The molecule has 0 aromatic heterocycles. The Morgan fingerprint density at radius 2 is 1.58 bits per heavy atom. The summed E-state index contributed by atoms with van der Waals surface area (Å²) in [5.41, 5.74) is 4.53. The Balaban J connectivity index is 1.47. The van der Waals surface area contributed by atoms with Gasteiger partial charge < -0.3 is 5.32 Å². The summed E-state index contributed by atoms with van der Waals surface area (Å²) in [5, 5.41) is 2.95. The summed E-state index contributed by atoms with van der Waals surface area (Å²) in [6.45, 7) is 3.67. The van der Waals surface area contributed by atoms with Gasteiger partial charge in [0.2, 0.25) is 10.0 Å². The van der Waals surface area contributed by atoms with E-state index in [4.69, 9.17) is 0 Å². The predicted molar refractivity (Wildman–Crippen MR) is 122 cm³/mol. The van der Waals surface area contributed by atoms with Crippen molar-refractivity contribution in [3.8, 4) is 11.1 Å². The molecule has 1 N–H and O–H groups in total. The van der Waals surface area contributed by atoms with Crippen LogP contribution in [-0.2, 0) is 16.6 Å². The standard InChI is InChI=1S/C25H26N2O3S/c1-19-7-9-20(10-8-19)18-26-25(28)23-6-4-5-22(17-23)21-11-13-24(14-12-21)31(29,30)27-15-2-3-16-27/h4-14,17H,2-3,15-16,18H2,1H3,(H,26,28). The van der Waals surface area contributed by atoms with Crippen molar-refractivity contribution in [1.82, 2.24) is 9.62 Å². The van der Waals surface area contributed by atoms with Crippen molar-refractivity contribution < 1.29 is 13.2 Å². The highest BCUT2D eigenvalue weighted by Crippen LogP contribution is 2.25. The van der Waals surface area contributed by atoms with Gasteiger partial charge in [-0.25, -0.2) is 8.42 Å². The lowest BCUT2D eigenvalue weighted by molar-refractivity contribution is 0.0951. The van der Waals surface area contributed by atoms with Crippen LogP contribution in [0.5, 0.6) is 0 Å². The number of sulfonamides is 1. The van der Waals surface area contributed by atoms with Gasteiger partial charge in [0.15, 0.2) is 0 Å². The van der Waals surface area contributed by atoms with Crippen LogP contribution in [0.25, 0.3) is 11.1 Å². The second kappa shape index (κ2) is 9.04. The minimum Gasteiger partial charge on any atom is -0.348 e. The molecule has 1 aliphatic heterocycles. The van der Waals surface area contributed by atoms with Crippen LogP contribution in [0, 0.1) is 6.92 Å². The van der Waals surface area contributed by atoms with Crippen molar-refractivity contribution in [2.75, 3.05) is 13.1 Å². The molecule has 0 atom stereocenters. The summed E-state index contributed by atoms with van der Waals surface area (Å²) in [6, 6.07) is 22.3. The van der Waals surface area contributed by atoms with Gasteiger partial charge in [0.25, 0.3) is 5.91 Å². The van der Waals surface area contributed by atoms with E-state index in [-0.39, 0.29) is 5.91 Å². The minimum absolute atomic E-state index is 0.143. The van der Waals surface area contributed by atoms with Gasteiger partial charge in [-0.05, 0) is 60.7 Å². The number of amides is 1. The molecule has 0 aliphatic carbocycles. The number of carbonyl (C=O) groups is 1. The third-order valence-electron chi connectivity index (χ3n) is 5.59. The molecule has 1 aliphatic rings. The topological polar surface area (TPSA) is 66.5 Å². The van der Waals surface area contributed by atoms with E-state index in [0.717, 1.165) is 29.5 Å². The third-order valence-corrected chi connectivity index (χ3v) is 7.50. The third kappa shape index (κ3) is 4.86. The number of nitrogens with one attached hydrogen (secondary N) is 1. The first-order valence-corrected chi connectivity index (χ1v) is 11.9. The van der Waals surface area contributed by atoms with Gasteiger partial charge in [0, 0.05) is 25.2 Å². The second-order valence-electron chi connectivity index (χ2n) is 7.88. The summed E-state index contributed by atoms with van der Waals surface area (Å²) in [7, 11) is -3.43. The SMILES string of the molecule is Cc1ccc(CNC(=O)c2cccc(-c3ccc(S(=O)(=O)N4CCCC4)cc3)c2)cc1. The molecule has 1 amide bonds. The van der Waals surface area contributed by atoms with Crippen LogP contribution >= 0.6 is 0 Å². The quantitative estimate of drug-likeness (QED) is 0.626. The zero-order chi connectivity index (χ0) is 21.8. The normalized spacial score (nSPS) is 14.5. The number of hydrogen-bond donors (Lipinski definition) is 1. The van der Waals surface area contributed by atoms with E-state index < -0.39 is 10.0 Å². The van der Waals surface area contributed by atoms with Crippen LogP contribution < -0.4 is 5.32 Å². The molecular formula is C25H26N2O3S. The van der Waals surface area contributed by atoms with Gasteiger partial charge in [-0.3, -0.25) is 4.79 Å². The lowest BCUT2D eigenvalue weighted by Gasteiger charge is -2.15. The molecule has 0 spiro atoms. The molecule has 3 aromatic carbocycles. The zero-order valence-corrected chi connectivity index (χ0v) is 18.4. The molecule has 4 rings (SSSR count). The molecule has 5 nitrogen and oxygen atoms in total. The minimum atomic E-state index is -3.43. The Morgan fingerprint density at radius 3 is 2.26 bits per heavy atom. The number of rotatable bonds is 6. The smallest absolute Gasteiger partial charge is 0.251 e. The Kier molecular flexibility index (Phi) is 6.20. The molecular weight excluding hydrogens is 408 g/mol. The van der Waals surface area contributed by atoms with Crippen LogP contribution in [0.3, 0.4) is 0 Å². The molecule has 0 bridgehead atoms. The maximum absolute atomic E-state index is 12.7. The van der Waals surface area contributed by atoms with Crippen LogP contribution in [0.4, 0.5) is 0 Å². The predicted octanol–water partition coefficient (Wildman–Crippen LogP) is 4.38. The molecule has 0 saturated carbocycles. The van der Waals surface area contributed by atoms with Gasteiger partial charge in [-0.1, -0.05) is 54.1 Å². The van der Waals surface area contributed by atoms with Gasteiger partial charge in [0.05, 0.1) is 4.90 Å². The Hall–Kier alpha value is -2.96. The lowest BCUT2D eigenvalue weighted by atomic mass is 10.0. The van der Waals surface area contributed by atoms with Gasteiger partial charge in [-0.15, -0.1) is 0 Å². The average molecular weight is 435 g/mol. The monoisotopic (exact) mass is 434 g/mol. The lowest BCUT2D eigenvalue weighted by Crippen LogP contribution is -2.27. The molecule has 160 valence electrons. The fourth-order valence-electron chi connectivity index (χ4n) is 3.73. The number of carbonyl (C=O) groups excluding carboxylic acids is 1. The number of aryl methyl sites for hydroxylation is 1. The number of nitrogens with zero attached hydrogens (tertiary/aromatic N) is 1. The molecule has 1 saturated heterocycles. The molecule has 1 heterocycles. The summed E-state index contributed by atoms with van der Waals surface area (Å²) in [5.74, 6) is -0.143. The zero-order valence-electron chi connectivity index (χ0n) is 17.5. The van der Waals surface area contributed by atoms with Crippen molar-refractivity contribution in [2.45, 2.75) is 31.2 Å². The summed E-state index contributed by atoms with van der Waals surface area (Å²) < 4.78 is 27.0. The van der Waals surface area contributed by atoms with Crippen LogP contribution in [0.1, 0.15) is 34.3 Å². The summed E-state index contributed by atoms with van der Waals surface area (Å²) >= 11 is 0. The molecule has 6 heteroatoms. The first-order valence-electron chi connectivity index (χ1n) is 10.5. The van der Waals surface area contributed by atoms with Crippen LogP contribution in [-0.4, -0.2) is 31.7 Å². The van der Waals surface area contributed by atoms with Gasteiger partial charge in [0.1, 0.15) is 0 Å². The van der Waals surface area contributed by atoms with Gasteiger partial charge >= 0.3 is 0 Å². The van der Waals surface area contributed by atoms with E-state index in [0.29, 0.717) is 30.1 Å². The molecule has 0 unspecified atom stereocenters. The number of benzene rings is 3. The van der Waals surface area contributed by atoms with Crippen LogP contribution in [0.2, 0.25) is 0 Å². The highest BCUT2D eigenvalue weighted by Gasteiger charge is 2.26. The molecule has 0 radical (unpaired) electrons. The van der Waals surface area contributed by atoms with Crippen molar-refractivity contribution in [1.29, 1.82) is 0 Å². The fraction of sp³-hybridized carbons (Fsp3) is 0.240. The number of hydrogen-bond acceptors (Lipinski definition) is 3.